The Kier molecular flexibility index (Phi) is 3.66. The largest absolute Gasteiger partial charge is 0.479 e. The van der Waals surface area contributed by atoms with E-state index >= 15 is 0 Å². The standard InChI is InChI=1S/C12H12N2O4S/c1-6-9(7(2)18-14-6)11(15)13-10(12(16)17)8-4-3-5-19-8/h3-5,10H,1-2H3,(H,13,15)(H,16,17). The maximum absolute atomic E-state index is 12.1. The van der Waals surface area contributed by atoms with Gasteiger partial charge in [-0.3, -0.25) is 4.79 Å². The van der Waals surface area contributed by atoms with Gasteiger partial charge in [0.1, 0.15) is 11.3 Å². The molecule has 7 heteroatoms. The number of carboxylic acid groups (broad SMARTS) is 1. The Labute approximate surface area is 113 Å². The van der Waals surface area contributed by atoms with Gasteiger partial charge in [-0.1, -0.05) is 11.2 Å². The quantitative estimate of drug-likeness (QED) is 0.892. The van der Waals surface area contributed by atoms with E-state index in [4.69, 9.17) is 4.52 Å². The fourth-order valence-corrected chi connectivity index (χ4v) is 2.49. The maximum atomic E-state index is 12.1. The molecule has 2 N–H and O–H groups in total. The van der Waals surface area contributed by atoms with E-state index in [1.807, 2.05) is 0 Å². The van der Waals surface area contributed by atoms with E-state index in [9.17, 15) is 14.7 Å². The van der Waals surface area contributed by atoms with Crippen molar-refractivity contribution in [2.75, 3.05) is 0 Å². The van der Waals surface area contributed by atoms with E-state index in [2.05, 4.69) is 10.5 Å². The zero-order valence-corrected chi connectivity index (χ0v) is 11.2. The van der Waals surface area contributed by atoms with Gasteiger partial charge in [0.25, 0.3) is 5.91 Å². The summed E-state index contributed by atoms with van der Waals surface area (Å²) in [6, 6.07) is 2.33. The topological polar surface area (TPSA) is 92.4 Å². The number of carboxylic acids is 1. The van der Waals surface area contributed by atoms with Crippen molar-refractivity contribution in [3.05, 3.63) is 39.4 Å². The first-order valence-corrected chi connectivity index (χ1v) is 6.38. The number of thiophene rings is 1. The summed E-state index contributed by atoms with van der Waals surface area (Å²) in [4.78, 5) is 23.9. The Hall–Kier alpha value is -2.15. The molecule has 0 aliphatic heterocycles. The lowest BCUT2D eigenvalue weighted by atomic mass is 10.1. The molecular weight excluding hydrogens is 268 g/mol. The third-order valence-electron chi connectivity index (χ3n) is 2.61. The van der Waals surface area contributed by atoms with Crippen molar-refractivity contribution in [3.63, 3.8) is 0 Å². The number of carbonyl (C=O) groups excluding carboxylic acids is 1. The molecule has 6 nitrogen and oxygen atoms in total. The third-order valence-corrected chi connectivity index (χ3v) is 3.55. The molecule has 2 aromatic heterocycles. The summed E-state index contributed by atoms with van der Waals surface area (Å²) in [5.41, 5.74) is 0.716. The number of aryl methyl sites for hydroxylation is 2. The minimum atomic E-state index is -1.11. The van der Waals surface area contributed by atoms with Gasteiger partial charge in [-0.05, 0) is 25.3 Å². The van der Waals surface area contributed by atoms with Crippen molar-refractivity contribution in [3.8, 4) is 0 Å². The molecule has 0 spiro atoms. The Bertz CT molecular complexity index is 584. The minimum absolute atomic E-state index is 0.280. The smallest absolute Gasteiger partial charge is 0.331 e. The molecule has 2 rings (SSSR count). The van der Waals surface area contributed by atoms with Crippen LogP contribution in [0, 0.1) is 13.8 Å². The number of hydrogen-bond acceptors (Lipinski definition) is 5. The number of carbonyl (C=O) groups is 2. The monoisotopic (exact) mass is 280 g/mol. The highest BCUT2D eigenvalue weighted by Crippen LogP contribution is 2.21. The van der Waals surface area contributed by atoms with Crippen LogP contribution in [0.1, 0.15) is 32.7 Å². The fourth-order valence-electron chi connectivity index (χ4n) is 1.72. The maximum Gasteiger partial charge on any atom is 0.331 e. The Morgan fingerprint density at radius 3 is 2.68 bits per heavy atom. The zero-order chi connectivity index (χ0) is 14.0. The lowest BCUT2D eigenvalue weighted by molar-refractivity contribution is -0.139. The van der Waals surface area contributed by atoms with Crippen LogP contribution in [-0.2, 0) is 4.79 Å². The predicted molar refractivity (Wildman–Crippen MR) is 68.1 cm³/mol. The summed E-state index contributed by atoms with van der Waals surface area (Å²) in [6.07, 6.45) is 0. The molecule has 0 saturated carbocycles. The van der Waals surface area contributed by atoms with Gasteiger partial charge in [0.2, 0.25) is 0 Å². The number of aromatic nitrogens is 1. The molecule has 2 heterocycles. The van der Waals surface area contributed by atoms with E-state index in [0.717, 1.165) is 0 Å². The van der Waals surface area contributed by atoms with E-state index in [0.29, 0.717) is 16.3 Å². The average Bonchev–Trinajstić information content (AvgIpc) is 2.96. The summed E-state index contributed by atoms with van der Waals surface area (Å²) < 4.78 is 4.89. The van der Waals surface area contributed by atoms with Crippen molar-refractivity contribution in [1.82, 2.24) is 10.5 Å². The number of nitrogens with zero attached hydrogens (tertiary/aromatic N) is 1. The van der Waals surface area contributed by atoms with Crippen molar-refractivity contribution in [2.45, 2.75) is 19.9 Å². The molecule has 0 bridgehead atoms. The highest BCUT2D eigenvalue weighted by Gasteiger charge is 2.26. The molecule has 0 radical (unpaired) electrons. The van der Waals surface area contributed by atoms with Gasteiger partial charge in [0.15, 0.2) is 6.04 Å². The SMILES string of the molecule is Cc1noc(C)c1C(=O)NC(C(=O)O)c1cccs1. The van der Waals surface area contributed by atoms with Crippen LogP contribution in [0.2, 0.25) is 0 Å². The van der Waals surface area contributed by atoms with Crippen LogP contribution in [0.25, 0.3) is 0 Å². The minimum Gasteiger partial charge on any atom is -0.479 e. The first kappa shape index (κ1) is 13.3. The van der Waals surface area contributed by atoms with E-state index in [1.54, 1.807) is 31.4 Å². The normalized spacial score (nSPS) is 12.1. The van der Waals surface area contributed by atoms with Gasteiger partial charge in [0, 0.05) is 4.88 Å². The first-order valence-electron chi connectivity index (χ1n) is 5.50. The Balaban J connectivity index is 2.24. The lowest BCUT2D eigenvalue weighted by Gasteiger charge is -2.12. The predicted octanol–water partition coefficient (Wildman–Crippen LogP) is 1.91. The third kappa shape index (κ3) is 2.65. The molecule has 1 amide bonds. The number of aliphatic carboxylic acids is 1. The molecule has 0 aromatic carbocycles. The lowest BCUT2D eigenvalue weighted by Crippen LogP contribution is -2.33. The average molecular weight is 280 g/mol. The molecular formula is C12H12N2O4S. The summed E-state index contributed by atoms with van der Waals surface area (Å²) in [5.74, 6) is -1.25. The van der Waals surface area contributed by atoms with Crippen LogP contribution in [0.15, 0.2) is 22.0 Å². The fraction of sp³-hybridized carbons (Fsp3) is 0.250. The van der Waals surface area contributed by atoms with Gasteiger partial charge in [-0.25, -0.2) is 4.79 Å². The molecule has 100 valence electrons. The van der Waals surface area contributed by atoms with Crippen LogP contribution in [-0.4, -0.2) is 22.1 Å². The van der Waals surface area contributed by atoms with E-state index in [1.165, 1.54) is 11.3 Å². The summed E-state index contributed by atoms with van der Waals surface area (Å²) in [6.45, 7) is 3.24. The van der Waals surface area contributed by atoms with Gasteiger partial charge in [-0.15, -0.1) is 11.3 Å². The zero-order valence-electron chi connectivity index (χ0n) is 10.3. The van der Waals surface area contributed by atoms with Gasteiger partial charge >= 0.3 is 5.97 Å². The highest BCUT2D eigenvalue weighted by molar-refractivity contribution is 7.10. The van der Waals surface area contributed by atoms with E-state index in [-0.39, 0.29) is 5.56 Å². The van der Waals surface area contributed by atoms with Crippen molar-refractivity contribution < 1.29 is 19.2 Å². The second-order valence-electron chi connectivity index (χ2n) is 3.96. The van der Waals surface area contributed by atoms with Crippen LogP contribution in [0.4, 0.5) is 0 Å². The highest BCUT2D eigenvalue weighted by atomic mass is 32.1. The molecule has 2 aromatic rings. The molecule has 1 atom stereocenters. The van der Waals surface area contributed by atoms with Crippen molar-refractivity contribution in [2.24, 2.45) is 0 Å². The summed E-state index contributed by atoms with van der Waals surface area (Å²) >= 11 is 1.27. The molecule has 19 heavy (non-hydrogen) atoms. The van der Waals surface area contributed by atoms with Gasteiger partial charge < -0.3 is 14.9 Å². The second-order valence-corrected chi connectivity index (χ2v) is 4.94. The van der Waals surface area contributed by atoms with Crippen LogP contribution in [0.3, 0.4) is 0 Å². The molecule has 0 aliphatic carbocycles. The van der Waals surface area contributed by atoms with E-state index < -0.39 is 17.9 Å². The molecule has 0 fully saturated rings. The Morgan fingerprint density at radius 2 is 2.21 bits per heavy atom. The van der Waals surface area contributed by atoms with Crippen molar-refractivity contribution in [1.29, 1.82) is 0 Å². The molecule has 1 unspecified atom stereocenters. The van der Waals surface area contributed by atoms with Crippen LogP contribution in [0.5, 0.6) is 0 Å². The van der Waals surface area contributed by atoms with Crippen LogP contribution < -0.4 is 5.32 Å². The number of nitrogens with one attached hydrogen (secondary N) is 1. The molecule has 0 aliphatic rings. The van der Waals surface area contributed by atoms with Gasteiger partial charge in [0.05, 0.1) is 5.69 Å². The number of hydrogen-bond donors (Lipinski definition) is 2. The number of rotatable bonds is 4. The van der Waals surface area contributed by atoms with Gasteiger partial charge in [-0.2, -0.15) is 0 Å². The first-order chi connectivity index (χ1) is 9.00. The second kappa shape index (κ2) is 5.23. The molecule has 0 saturated heterocycles. The van der Waals surface area contributed by atoms with Crippen molar-refractivity contribution >= 4 is 23.2 Å². The van der Waals surface area contributed by atoms with Crippen LogP contribution >= 0.6 is 11.3 Å². The summed E-state index contributed by atoms with van der Waals surface area (Å²) in [5, 5.41) is 17.1. The Morgan fingerprint density at radius 1 is 1.47 bits per heavy atom. The summed E-state index contributed by atoms with van der Waals surface area (Å²) in [7, 11) is 0. The number of amides is 1.